The summed E-state index contributed by atoms with van der Waals surface area (Å²) in [5.41, 5.74) is 0. The predicted molar refractivity (Wildman–Crippen MR) is 93.7 cm³/mol. The normalized spacial score (nSPS) is 19.0. The first-order valence-corrected chi connectivity index (χ1v) is 9.21. The number of hydrogen-bond donors (Lipinski definition) is 1. The highest BCUT2D eigenvalue weighted by atomic mass is 32.1. The molecular formula is C17H22N3O4S. The molecule has 0 spiro atoms. The molecule has 25 heavy (non-hydrogen) atoms. The van der Waals surface area contributed by atoms with Crippen molar-refractivity contribution in [2.45, 2.75) is 45.2 Å². The molecule has 1 unspecified atom stereocenters. The fourth-order valence-electron chi connectivity index (χ4n) is 2.77. The lowest BCUT2D eigenvalue weighted by Crippen LogP contribution is -2.62. The molecule has 1 aliphatic heterocycles. The summed E-state index contributed by atoms with van der Waals surface area (Å²) in [6.07, 6.45) is 4.58. The number of thiophene rings is 1. The van der Waals surface area contributed by atoms with Gasteiger partial charge in [0.25, 0.3) is 0 Å². The zero-order chi connectivity index (χ0) is 18.4. The Morgan fingerprint density at radius 2 is 2.16 bits per heavy atom. The summed E-state index contributed by atoms with van der Waals surface area (Å²) in [5.74, 6) is -1.53. The fraction of sp³-hybridized carbons (Fsp3) is 0.529. The molecule has 1 aromatic rings. The Bertz CT molecular complexity index is 632. The molecule has 4 amide bonds. The number of carbonyl (C=O) groups excluding carboxylic acids is 4. The number of amides is 4. The second-order valence-electron chi connectivity index (χ2n) is 6.00. The number of rotatable bonds is 7. The van der Waals surface area contributed by atoms with Crippen LogP contribution in [0.5, 0.6) is 0 Å². The zero-order valence-electron chi connectivity index (χ0n) is 14.4. The summed E-state index contributed by atoms with van der Waals surface area (Å²) in [6, 6.07) is 1.29. The molecule has 2 rings (SSSR count). The summed E-state index contributed by atoms with van der Waals surface area (Å²) < 4.78 is 0. The van der Waals surface area contributed by atoms with E-state index in [-0.39, 0.29) is 0 Å². The van der Waals surface area contributed by atoms with E-state index >= 15 is 0 Å². The Morgan fingerprint density at radius 1 is 1.40 bits per heavy atom. The van der Waals surface area contributed by atoms with Crippen LogP contribution in [0.4, 0.5) is 4.79 Å². The standard InChI is InChI=1S/C17H22N3O4S/c1-3-4-5-8-19-10-12(2)20(16(23)15(19)22)17(24)18-13(11-21)14-7-6-9-25-14/h6-7,9,12-13H,3-5,8,10H2,1-2H3,(H,18,24)/t12-,13?/m1/s1. The molecule has 1 N–H and O–H groups in total. The molecule has 7 nitrogen and oxygen atoms in total. The topological polar surface area (TPSA) is 86.8 Å². The maximum Gasteiger partial charge on any atom is 0.325 e. The second kappa shape index (κ2) is 8.75. The van der Waals surface area contributed by atoms with Crippen LogP contribution < -0.4 is 5.32 Å². The first-order chi connectivity index (χ1) is 12.0. The highest BCUT2D eigenvalue weighted by Gasteiger charge is 2.40. The molecule has 0 aliphatic carbocycles. The van der Waals surface area contributed by atoms with Crippen LogP contribution >= 0.6 is 11.3 Å². The molecule has 0 saturated carbocycles. The summed E-state index contributed by atoms with van der Waals surface area (Å²) >= 11 is 1.30. The molecule has 1 aliphatic rings. The SMILES string of the molecule is CCCCCN1C[C@@H](C)N(C(=O)NC([C]=O)c2cccs2)C(=O)C1=O. The van der Waals surface area contributed by atoms with E-state index in [9.17, 15) is 19.2 Å². The minimum absolute atomic E-state index is 0.302. The Labute approximate surface area is 151 Å². The zero-order valence-corrected chi connectivity index (χ0v) is 15.2. The third-order valence-electron chi connectivity index (χ3n) is 4.08. The monoisotopic (exact) mass is 364 g/mol. The number of nitrogens with one attached hydrogen (secondary N) is 1. The quantitative estimate of drug-likeness (QED) is 0.591. The third-order valence-corrected chi connectivity index (χ3v) is 5.02. The van der Waals surface area contributed by atoms with E-state index in [0.29, 0.717) is 18.0 Å². The second-order valence-corrected chi connectivity index (χ2v) is 6.98. The Morgan fingerprint density at radius 3 is 2.76 bits per heavy atom. The number of piperazine rings is 1. The van der Waals surface area contributed by atoms with Crippen LogP contribution in [0.25, 0.3) is 0 Å². The molecule has 0 aromatic carbocycles. The lowest BCUT2D eigenvalue weighted by Gasteiger charge is -2.37. The van der Waals surface area contributed by atoms with Gasteiger partial charge in [-0.15, -0.1) is 11.3 Å². The molecule has 0 bridgehead atoms. The van der Waals surface area contributed by atoms with Gasteiger partial charge in [0, 0.05) is 18.0 Å². The minimum atomic E-state index is -0.954. The molecule has 1 radical (unpaired) electrons. The van der Waals surface area contributed by atoms with Gasteiger partial charge in [-0.2, -0.15) is 0 Å². The molecule has 1 aromatic heterocycles. The van der Waals surface area contributed by atoms with Crippen molar-refractivity contribution in [3.05, 3.63) is 22.4 Å². The first kappa shape index (κ1) is 19.1. The Kier molecular flexibility index (Phi) is 6.69. The van der Waals surface area contributed by atoms with E-state index in [1.165, 1.54) is 16.2 Å². The van der Waals surface area contributed by atoms with Crippen LogP contribution in [-0.2, 0) is 14.4 Å². The van der Waals surface area contributed by atoms with Crippen molar-refractivity contribution >= 4 is 35.5 Å². The Hall–Kier alpha value is -2.22. The average Bonchev–Trinajstić information content (AvgIpc) is 3.11. The van der Waals surface area contributed by atoms with Crippen LogP contribution in [0.15, 0.2) is 17.5 Å². The van der Waals surface area contributed by atoms with Gasteiger partial charge in [0.15, 0.2) is 0 Å². The van der Waals surface area contributed by atoms with Crippen LogP contribution in [0.3, 0.4) is 0 Å². The lowest BCUT2D eigenvalue weighted by atomic mass is 10.1. The van der Waals surface area contributed by atoms with E-state index in [4.69, 9.17) is 0 Å². The van der Waals surface area contributed by atoms with Crippen LogP contribution in [0, 0.1) is 0 Å². The van der Waals surface area contributed by atoms with Crippen molar-refractivity contribution < 1.29 is 19.2 Å². The van der Waals surface area contributed by atoms with Crippen molar-refractivity contribution in [3.8, 4) is 0 Å². The van der Waals surface area contributed by atoms with Crippen molar-refractivity contribution in [1.29, 1.82) is 0 Å². The van der Waals surface area contributed by atoms with Crippen LogP contribution in [-0.4, -0.2) is 53.1 Å². The van der Waals surface area contributed by atoms with E-state index in [0.717, 1.165) is 24.2 Å². The number of unbranched alkanes of at least 4 members (excludes halogenated alkanes) is 2. The summed E-state index contributed by atoms with van der Waals surface area (Å²) in [6.45, 7) is 4.59. The van der Waals surface area contributed by atoms with Gasteiger partial charge in [-0.05, 0) is 24.8 Å². The smallest absolute Gasteiger partial charge is 0.325 e. The van der Waals surface area contributed by atoms with E-state index in [1.54, 1.807) is 30.7 Å². The Balaban J connectivity index is 2.03. The average molecular weight is 364 g/mol. The van der Waals surface area contributed by atoms with Gasteiger partial charge in [0.05, 0.1) is 6.04 Å². The fourth-order valence-corrected chi connectivity index (χ4v) is 3.48. The number of hydrogen-bond acceptors (Lipinski definition) is 5. The van der Waals surface area contributed by atoms with Gasteiger partial charge in [0.1, 0.15) is 6.04 Å². The molecule has 8 heteroatoms. The van der Waals surface area contributed by atoms with Crippen LogP contribution in [0.1, 0.15) is 44.0 Å². The van der Waals surface area contributed by atoms with Gasteiger partial charge in [-0.1, -0.05) is 25.8 Å². The molecule has 2 atom stereocenters. The van der Waals surface area contributed by atoms with Crippen LogP contribution in [0.2, 0.25) is 0 Å². The highest BCUT2D eigenvalue weighted by Crippen LogP contribution is 2.19. The molecule has 1 saturated heterocycles. The van der Waals surface area contributed by atoms with Gasteiger partial charge in [-0.3, -0.25) is 19.3 Å². The van der Waals surface area contributed by atoms with E-state index in [2.05, 4.69) is 12.2 Å². The summed E-state index contributed by atoms with van der Waals surface area (Å²) in [4.78, 5) is 51.2. The number of carbonyl (C=O) groups is 3. The lowest BCUT2D eigenvalue weighted by molar-refractivity contribution is -0.155. The van der Waals surface area contributed by atoms with Gasteiger partial charge in [-0.25, -0.2) is 4.79 Å². The maximum atomic E-state index is 12.4. The molecule has 1 fully saturated rings. The largest absolute Gasteiger partial charge is 0.332 e. The third kappa shape index (κ3) is 4.45. The molecule has 2 heterocycles. The highest BCUT2D eigenvalue weighted by molar-refractivity contribution is 7.10. The van der Waals surface area contributed by atoms with Crippen molar-refractivity contribution in [2.75, 3.05) is 13.1 Å². The van der Waals surface area contributed by atoms with Gasteiger partial charge >= 0.3 is 17.8 Å². The van der Waals surface area contributed by atoms with E-state index in [1.807, 2.05) is 0 Å². The van der Waals surface area contributed by atoms with Crippen molar-refractivity contribution in [3.63, 3.8) is 0 Å². The molecular weight excluding hydrogens is 342 g/mol. The maximum absolute atomic E-state index is 12.4. The number of nitrogens with zero attached hydrogens (tertiary/aromatic N) is 2. The number of imide groups is 1. The van der Waals surface area contributed by atoms with Gasteiger partial charge < -0.3 is 10.2 Å². The number of urea groups is 1. The first-order valence-electron chi connectivity index (χ1n) is 8.33. The molecule has 135 valence electrons. The predicted octanol–water partition coefficient (Wildman–Crippen LogP) is 1.86. The van der Waals surface area contributed by atoms with E-state index < -0.39 is 29.9 Å². The summed E-state index contributed by atoms with van der Waals surface area (Å²) in [5, 5.41) is 4.25. The minimum Gasteiger partial charge on any atom is -0.332 e. The van der Waals surface area contributed by atoms with Crippen molar-refractivity contribution in [1.82, 2.24) is 15.1 Å². The van der Waals surface area contributed by atoms with Gasteiger partial charge in [0.2, 0.25) is 6.29 Å². The van der Waals surface area contributed by atoms with Crippen molar-refractivity contribution in [2.24, 2.45) is 0 Å². The summed E-state index contributed by atoms with van der Waals surface area (Å²) in [7, 11) is 0.